The Hall–Kier alpha value is -3.09. The number of nitro benzene ring substituents is 1. The highest BCUT2D eigenvalue weighted by atomic mass is 16.6. The molecule has 120 valence electrons. The molecule has 1 N–H and O–H groups in total. The second kappa shape index (κ2) is 6.78. The van der Waals surface area contributed by atoms with Gasteiger partial charge in [0.1, 0.15) is 17.1 Å². The van der Waals surface area contributed by atoms with Crippen LogP contribution in [0.1, 0.15) is 15.9 Å². The number of nitrogens with one attached hydrogen (secondary N) is 1. The van der Waals surface area contributed by atoms with Crippen molar-refractivity contribution >= 4 is 17.3 Å². The van der Waals surface area contributed by atoms with Crippen molar-refractivity contribution in [3.05, 3.63) is 57.6 Å². The number of ether oxygens (including phenoxy) is 2. The summed E-state index contributed by atoms with van der Waals surface area (Å²) in [5, 5.41) is 13.5. The first kappa shape index (κ1) is 16.3. The molecule has 0 unspecified atom stereocenters. The van der Waals surface area contributed by atoms with Crippen LogP contribution < -0.4 is 14.8 Å². The van der Waals surface area contributed by atoms with E-state index in [2.05, 4.69) is 5.32 Å². The van der Waals surface area contributed by atoms with E-state index in [9.17, 15) is 14.9 Å². The van der Waals surface area contributed by atoms with Crippen LogP contribution >= 0.6 is 0 Å². The number of carbonyl (C=O) groups excluding carboxylic acids is 1. The number of hydrogen-bond acceptors (Lipinski definition) is 5. The summed E-state index contributed by atoms with van der Waals surface area (Å²) in [5.74, 6) is 0.332. The summed E-state index contributed by atoms with van der Waals surface area (Å²) in [5.41, 5.74) is 1.29. The van der Waals surface area contributed by atoms with Gasteiger partial charge in [-0.25, -0.2) is 0 Å². The molecule has 0 aliphatic rings. The fraction of sp³-hybridized carbons (Fsp3) is 0.188. The molecule has 23 heavy (non-hydrogen) atoms. The summed E-state index contributed by atoms with van der Waals surface area (Å²) in [7, 11) is 2.92. The molecule has 0 atom stereocenters. The molecule has 7 nitrogen and oxygen atoms in total. The lowest BCUT2D eigenvalue weighted by atomic mass is 10.1. The van der Waals surface area contributed by atoms with Gasteiger partial charge in [-0.3, -0.25) is 14.9 Å². The van der Waals surface area contributed by atoms with Gasteiger partial charge in [-0.1, -0.05) is 6.07 Å². The second-order valence-corrected chi connectivity index (χ2v) is 4.75. The summed E-state index contributed by atoms with van der Waals surface area (Å²) in [6.07, 6.45) is 0. The largest absolute Gasteiger partial charge is 0.496 e. The molecule has 2 rings (SSSR count). The molecule has 2 aromatic carbocycles. The fourth-order valence-electron chi connectivity index (χ4n) is 2.16. The Morgan fingerprint density at radius 2 is 1.74 bits per heavy atom. The number of rotatable bonds is 5. The van der Waals surface area contributed by atoms with Crippen LogP contribution in [0.4, 0.5) is 11.4 Å². The second-order valence-electron chi connectivity index (χ2n) is 4.75. The van der Waals surface area contributed by atoms with Crippen LogP contribution in [0.15, 0.2) is 36.4 Å². The molecule has 0 aromatic heterocycles. The van der Waals surface area contributed by atoms with E-state index in [1.165, 1.54) is 32.4 Å². The maximum atomic E-state index is 12.5. The van der Waals surface area contributed by atoms with Crippen molar-refractivity contribution in [2.24, 2.45) is 0 Å². The third kappa shape index (κ3) is 3.39. The molecule has 0 radical (unpaired) electrons. The third-order valence-corrected chi connectivity index (χ3v) is 3.32. The van der Waals surface area contributed by atoms with Gasteiger partial charge in [0.15, 0.2) is 0 Å². The minimum Gasteiger partial charge on any atom is -0.496 e. The van der Waals surface area contributed by atoms with Crippen molar-refractivity contribution in [3.8, 4) is 11.5 Å². The topological polar surface area (TPSA) is 90.7 Å². The van der Waals surface area contributed by atoms with Gasteiger partial charge in [0.25, 0.3) is 11.6 Å². The van der Waals surface area contributed by atoms with E-state index in [0.29, 0.717) is 22.7 Å². The number of benzene rings is 2. The Bertz CT molecular complexity index is 736. The number of amides is 1. The van der Waals surface area contributed by atoms with Crippen LogP contribution in [-0.4, -0.2) is 25.1 Å². The maximum absolute atomic E-state index is 12.5. The van der Waals surface area contributed by atoms with Crippen molar-refractivity contribution in [3.63, 3.8) is 0 Å². The smallest absolute Gasteiger partial charge is 0.269 e. The molecule has 7 heteroatoms. The fourth-order valence-corrected chi connectivity index (χ4v) is 2.16. The molecule has 0 aliphatic carbocycles. The normalized spacial score (nSPS) is 10.0. The number of nitro groups is 1. The average Bonchev–Trinajstić information content (AvgIpc) is 2.55. The number of anilines is 1. The Labute approximate surface area is 133 Å². The van der Waals surface area contributed by atoms with E-state index in [0.717, 1.165) is 0 Å². The molecule has 0 bridgehead atoms. The molecule has 0 spiro atoms. The van der Waals surface area contributed by atoms with Crippen molar-refractivity contribution in [1.82, 2.24) is 0 Å². The lowest BCUT2D eigenvalue weighted by molar-refractivity contribution is -0.384. The van der Waals surface area contributed by atoms with E-state index < -0.39 is 10.8 Å². The van der Waals surface area contributed by atoms with Crippen molar-refractivity contribution in [2.45, 2.75) is 6.92 Å². The number of non-ortho nitro benzene ring substituents is 1. The first-order valence-corrected chi connectivity index (χ1v) is 6.75. The Morgan fingerprint density at radius 3 is 2.22 bits per heavy atom. The summed E-state index contributed by atoms with van der Waals surface area (Å²) < 4.78 is 10.4. The highest BCUT2D eigenvalue weighted by Gasteiger charge is 2.19. The van der Waals surface area contributed by atoms with Crippen LogP contribution in [0.3, 0.4) is 0 Å². The average molecular weight is 316 g/mol. The standard InChI is InChI=1S/C16H16N2O5/c1-10-9-11(18(20)21)7-8-12(10)17-16(19)15-13(22-2)5-4-6-14(15)23-3/h4-9H,1-3H3,(H,17,19). The molecule has 2 aromatic rings. The number of methoxy groups -OCH3 is 2. The molecular formula is C16H16N2O5. The van der Waals surface area contributed by atoms with E-state index in [4.69, 9.17) is 9.47 Å². The maximum Gasteiger partial charge on any atom is 0.269 e. The summed E-state index contributed by atoms with van der Waals surface area (Å²) in [6.45, 7) is 1.68. The molecule has 1 amide bonds. The first-order chi connectivity index (χ1) is 11.0. The van der Waals surface area contributed by atoms with Crippen LogP contribution in [0, 0.1) is 17.0 Å². The highest BCUT2D eigenvalue weighted by molar-refractivity contribution is 6.08. The Kier molecular flexibility index (Phi) is 4.80. The van der Waals surface area contributed by atoms with Gasteiger partial charge < -0.3 is 14.8 Å². The number of hydrogen-bond donors (Lipinski definition) is 1. The lowest BCUT2D eigenvalue weighted by Gasteiger charge is -2.14. The van der Waals surface area contributed by atoms with Gasteiger partial charge in [0, 0.05) is 17.8 Å². The number of carbonyl (C=O) groups is 1. The van der Waals surface area contributed by atoms with Crippen molar-refractivity contribution in [2.75, 3.05) is 19.5 Å². The van der Waals surface area contributed by atoms with Gasteiger partial charge in [-0.2, -0.15) is 0 Å². The zero-order chi connectivity index (χ0) is 17.0. The van der Waals surface area contributed by atoms with Crippen LogP contribution in [0.2, 0.25) is 0 Å². The third-order valence-electron chi connectivity index (χ3n) is 3.32. The summed E-state index contributed by atoms with van der Waals surface area (Å²) >= 11 is 0. The van der Waals surface area contributed by atoms with Gasteiger partial charge in [0.2, 0.25) is 0 Å². The number of aryl methyl sites for hydroxylation is 1. The zero-order valence-electron chi connectivity index (χ0n) is 13.0. The van der Waals surface area contributed by atoms with E-state index in [1.807, 2.05) is 0 Å². The van der Waals surface area contributed by atoms with Crippen LogP contribution in [0.25, 0.3) is 0 Å². The van der Waals surface area contributed by atoms with Gasteiger partial charge in [-0.05, 0) is 30.7 Å². The highest BCUT2D eigenvalue weighted by Crippen LogP contribution is 2.30. The summed E-state index contributed by atoms with van der Waals surface area (Å²) in [6, 6.07) is 9.25. The summed E-state index contributed by atoms with van der Waals surface area (Å²) in [4.78, 5) is 22.8. The molecule has 0 heterocycles. The van der Waals surface area contributed by atoms with E-state index >= 15 is 0 Å². The molecule has 0 saturated carbocycles. The zero-order valence-corrected chi connectivity index (χ0v) is 13.0. The monoisotopic (exact) mass is 316 g/mol. The Balaban J connectivity index is 2.35. The minimum atomic E-state index is -0.484. The minimum absolute atomic E-state index is 0.0321. The van der Waals surface area contributed by atoms with Crippen LogP contribution in [-0.2, 0) is 0 Å². The quantitative estimate of drug-likeness (QED) is 0.676. The number of nitrogens with zero attached hydrogens (tertiary/aromatic N) is 1. The predicted molar refractivity (Wildman–Crippen MR) is 85.3 cm³/mol. The Morgan fingerprint density at radius 1 is 1.13 bits per heavy atom. The van der Waals surface area contributed by atoms with Crippen LogP contribution in [0.5, 0.6) is 11.5 Å². The molecule has 0 saturated heterocycles. The van der Waals surface area contributed by atoms with Gasteiger partial charge in [-0.15, -0.1) is 0 Å². The molecule has 0 aliphatic heterocycles. The van der Waals surface area contributed by atoms with Crippen molar-refractivity contribution in [1.29, 1.82) is 0 Å². The molecule has 0 fully saturated rings. The van der Waals surface area contributed by atoms with E-state index in [1.54, 1.807) is 25.1 Å². The molecular weight excluding hydrogens is 300 g/mol. The lowest BCUT2D eigenvalue weighted by Crippen LogP contribution is -2.15. The van der Waals surface area contributed by atoms with Gasteiger partial charge in [0.05, 0.1) is 19.1 Å². The SMILES string of the molecule is COc1cccc(OC)c1C(=O)Nc1ccc([N+](=O)[O-])cc1C. The first-order valence-electron chi connectivity index (χ1n) is 6.75. The van der Waals surface area contributed by atoms with E-state index in [-0.39, 0.29) is 11.3 Å². The van der Waals surface area contributed by atoms with Gasteiger partial charge >= 0.3 is 0 Å². The van der Waals surface area contributed by atoms with Crippen molar-refractivity contribution < 1.29 is 19.2 Å². The predicted octanol–water partition coefficient (Wildman–Crippen LogP) is 3.17.